The van der Waals surface area contributed by atoms with Crippen LogP contribution in [0.1, 0.15) is 52.4 Å². The minimum absolute atomic E-state index is 0.241. The Hall–Kier alpha value is -1.59. The van der Waals surface area contributed by atoms with Crippen molar-refractivity contribution in [1.82, 2.24) is 0 Å². The maximum atomic E-state index is 13.0. The fourth-order valence-electron chi connectivity index (χ4n) is 2.47. The van der Waals surface area contributed by atoms with E-state index in [2.05, 4.69) is 16.9 Å². The summed E-state index contributed by atoms with van der Waals surface area (Å²) in [6, 6.07) is 4.72. The normalized spacial score (nSPS) is 19.9. The molecule has 1 aromatic carbocycles. The lowest BCUT2D eigenvalue weighted by molar-refractivity contribution is -0.177. The fraction of sp³-hybridized carbons (Fsp3) is 0.647. The van der Waals surface area contributed by atoms with Gasteiger partial charge in [0.05, 0.1) is 17.3 Å². The first-order chi connectivity index (χ1) is 10.9. The lowest BCUT2D eigenvalue weighted by Crippen LogP contribution is -2.37. The quantitative estimate of drug-likeness (QED) is 0.665. The second-order valence-electron chi connectivity index (χ2n) is 6.01. The van der Waals surface area contributed by atoms with Crippen LogP contribution in [0.25, 0.3) is 0 Å². The molecule has 0 bridgehead atoms. The number of halogens is 3. The average Bonchev–Trinajstić information content (AvgIpc) is 2.83. The van der Waals surface area contributed by atoms with Gasteiger partial charge in [-0.1, -0.05) is 39.0 Å². The molecule has 0 saturated heterocycles. The molecule has 1 atom stereocenters. The molecule has 0 N–H and O–H groups in total. The van der Waals surface area contributed by atoms with Gasteiger partial charge in [-0.3, -0.25) is 0 Å². The molecule has 3 nitrogen and oxygen atoms in total. The Bertz CT molecular complexity index is 642. The first-order valence-electron chi connectivity index (χ1n) is 8.15. The smallest absolute Gasteiger partial charge is 0.433 e. The van der Waals surface area contributed by atoms with Crippen molar-refractivity contribution < 1.29 is 17.9 Å². The van der Waals surface area contributed by atoms with E-state index in [0.717, 1.165) is 19.8 Å². The van der Waals surface area contributed by atoms with Gasteiger partial charge in [-0.2, -0.15) is 13.2 Å². The van der Waals surface area contributed by atoms with Gasteiger partial charge in [0.1, 0.15) is 5.75 Å². The number of ether oxygens (including phenoxy) is 1. The third-order valence-electron chi connectivity index (χ3n) is 3.93. The standard InChI is InChI=1S/C17H23F3N2O/c1-3-4-5-6-7-8-11-23-13-9-10-14-15(12-13)22-16(2,21-14)17(18,19)20/h9-10,12H,3-8,11H2,1-2H3. The maximum absolute atomic E-state index is 13.0. The molecule has 0 amide bonds. The number of benzene rings is 1. The third-order valence-corrected chi connectivity index (χ3v) is 3.93. The molecule has 128 valence electrons. The number of hydrogen-bond donors (Lipinski definition) is 0. The zero-order chi connectivity index (χ0) is 16.9. The van der Waals surface area contributed by atoms with Gasteiger partial charge in [-0.25, -0.2) is 9.98 Å². The predicted molar refractivity (Wildman–Crippen MR) is 82.1 cm³/mol. The number of fused-ring (bicyclic) bond motifs is 1. The van der Waals surface area contributed by atoms with E-state index in [1.165, 1.54) is 37.8 Å². The van der Waals surface area contributed by atoms with Gasteiger partial charge in [0, 0.05) is 6.07 Å². The molecule has 0 aliphatic carbocycles. The van der Waals surface area contributed by atoms with E-state index >= 15 is 0 Å². The van der Waals surface area contributed by atoms with Crippen molar-refractivity contribution in [2.24, 2.45) is 9.98 Å². The molecule has 6 heteroatoms. The zero-order valence-electron chi connectivity index (χ0n) is 13.6. The van der Waals surface area contributed by atoms with Gasteiger partial charge in [0.2, 0.25) is 5.66 Å². The minimum Gasteiger partial charge on any atom is -0.494 e. The van der Waals surface area contributed by atoms with Crippen LogP contribution >= 0.6 is 0 Å². The summed E-state index contributed by atoms with van der Waals surface area (Å²) in [6.45, 7) is 3.72. The molecule has 0 aromatic heterocycles. The summed E-state index contributed by atoms with van der Waals surface area (Å²) in [7, 11) is 0. The van der Waals surface area contributed by atoms with Crippen molar-refractivity contribution >= 4 is 0 Å². The first-order valence-corrected chi connectivity index (χ1v) is 8.15. The van der Waals surface area contributed by atoms with Gasteiger partial charge in [0.15, 0.2) is 0 Å². The molecule has 1 heterocycles. The highest BCUT2D eigenvalue weighted by Crippen LogP contribution is 2.34. The molecule has 0 radical (unpaired) electrons. The maximum Gasteiger partial charge on any atom is 0.433 e. The van der Waals surface area contributed by atoms with Gasteiger partial charge in [-0.05, 0) is 25.5 Å². The highest BCUT2D eigenvalue weighted by molar-refractivity contribution is 5.23. The Morgan fingerprint density at radius 1 is 1.00 bits per heavy atom. The van der Waals surface area contributed by atoms with Gasteiger partial charge >= 0.3 is 6.18 Å². The van der Waals surface area contributed by atoms with Crippen LogP contribution in [0.2, 0.25) is 0 Å². The largest absolute Gasteiger partial charge is 0.494 e. The van der Waals surface area contributed by atoms with Crippen molar-refractivity contribution in [3.63, 3.8) is 0 Å². The second-order valence-corrected chi connectivity index (χ2v) is 6.01. The average molecular weight is 328 g/mol. The van der Waals surface area contributed by atoms with E-state index in [1.54, 1.807) is 6.07 Å². The lowest BCUT2D eigenvalue weighted by atomic mass is 10.1. The van der Waals surface area contributed by atoms with Crippen LogP contribution in [0.15, 0.2) is 28.2 Å². The second kappa shape index (κ2) is 7.32. The molecular formula is C17H23F3N2O. The van der Waals surface area contributed by atoms with E-state index in [9.17, 15) is 13.2 Å². The fourth-order valence-corrected chi connectivity index (χ4v) is 2.47. The van der Waals surface area contributed by atoms with Gasteiger partial charge < -0.3 is 4.74 Å². The Kier molecular flexibility index (Phi) is 5.65. The van der Waals surface area contributed by atoms with E-state index < -0.39 is 11.8 Å². The van der Waals surface area contributed by atoms with Crippen molar-refractivity contribution in [1.29, 1.82) is 0 Å². The molecule has 2 rings (SSSR count). The molecule has 1 unspecified atom stereocenters. The van der Waals surface area contributed by atoms with Crippen LogP contribution < -0.4 is 15.5 Å². The Morgan fingerprint density at radius 3 is 2.35 bits per heavy atom. The number of hydrogen-bond acceptors (Lipinski definition) is 3. The van der Waals surface area contributed by atoms with Crippen LogP contribution in [0.5, 0.6) is 5.75 Å². The Balaban J connectivity index is 1.91. The van der Waals surface area contributed by atoms with E-state index in [0.29, 0.717) is 12.4 Å². The Labute approximate surface area is 134 Å². The molecule has 0 fully saturated rings. The molecule has 1 aliphatic heterocycles. The number of rotatable bonds is 8. The molecule has 1 aromatic rings. The summed E-state index contributed by atoms with van der Waals surface area (Å²) >= 11 is 0. The van der Waals surface area contributed by atoms with Crippen molar-refractivity contribution in [2.45, 2.75) is 64.2 Å². The minimum atomic E-state index is -4.49. The summed E-state index contributed by atoms with van der Waals surface area (Å²) in [4.78, 5) is 7.41. The lowest BCUT2D eigenvalue weighted by Gasteiger charge is -2.20. The molecule has 23 heavy (non-hydrogen) atoms. The highest BCUT2D eigenvalue weighted by atomic mass is 19.4. The summed E-state index contributed by atoms with van der Waals surface area (Å²) in [5.74, 6) is 0.544. The van der Waals surface area contributed by atoms with Crippen LogP contribution in [0.3, 0.4) is 0 Å². The molecule has 1 aliphatic rings. The van der Waals surface area contributed by atoms with Crippen LogP contribution in [0, 0.1) is 0 Å². The summed E-state index contributed by atoms with van der Waals surface area (Å²) in [6.07, 6.45) is 2.47. The van der Waals surface area contributed by atoms with E-state index in [4.69, 9.17) is 4.74 Å². The monoisotopic (exact) mass is 328 g/mol. The third kappa shape index (κ3) is 4.45. The number of nitrogens with zero attached hydrogens (tertiary/aromatic N) is 2. The summed E-state index contributed by atoms with van der Waals surface area (Å²) in [5, 5.41) is 0.502. The molecular weight excluding hydrogens is 305 g/mol. The molecule has 0 spiro atoms. The summed E-state index contributed by atoms with van der Waals surface area (Å²) in [5.41, 5.74) is -2.38. The topological polar surface area (TPSA) is 34.0 Å². The Morgan fingerprint density at radius 2 is 1.65 bits per heavy atom. The number of unbranched alkanes of at least 4 members (excludes halogenated alkanes) is 5. The van der Waals surface area contributed by atoms with Crippen LogP contribution in [-0.2, 0) is 0 Å². The predicted octanol–water partition coefficient (Wildman–Crippen LogP) is 3.96. The van der Waals surface area contributed by atoms with Crippen LogP contribution in [-0.4, -0.2) is 18.4 Å². The van der Waals surface area contributed by atoms with Gasteiger partial charge in [0.25, 0.3) is 0 Å². The van der Waals surface area contributed by atoms with Gasteiger partial charge in [-0.15, -0.1) is 0 Å². The first kappa shape index (κ1) is 17.8. The molecule has 0 saturated carbocycles. The zero-order valence-corrected chi connectivity index (χ0v) is 13.6. The number of alkyl halides is 3. The summed E-state index contributed by atoms with van der Waals surface area (Å²) < 4.78 is 44.5. The van der Waals surface area contributed by atoms with E-state index in [1.807, 2.05) is 0 Å². The SMILES string of the molecule is CCCCCCCCOc1ccc2c(c1)=NC(C)(C(F)(F)F)N=2. The highest BCUT2D eigenvalue weighted by Gasteiger charge is 2.52. The van der Waals surface area contributed by atoms with Crippen molar-refractivity contribution in [2.75, 3.05) is 6.61 Å². The van der Waals surface area contributed by atoms with Crippen LogP contribution in [0.4, 0.5) is 13.2 Å². The van der Waals surface area contributed by atoms with Crippen molar-refractivity contribution in [3.8, 4) is 5.75 Å². The van der Waals surface area contributed by atoms with Crippen molar-refractivity contribution in [3.05, 3.63) is 28.9 Å². The van der Waals surface area contributed by atoms with E-state index in [-0.39, 0.29) is 10.7 Å².